The smallest absolute Gasteiger partial charge is 0.303 e. The number of aromatic nitrogens is 2. The lowest BCUT2D eigenvalue weighted by Crippen LogP contribution is -2.38. The highest BCUT2D eigenvalue weighted by molar-refractivity contribution is 5.92. The van der Waals surface area contributed by atoms with Crippen LogP contribution in [-0.4, -0.2) is 44.4 Å². The Morgan fingerprint density at radius 3 is 2.47 bits per heavy atom. The second-order valence-corrected chi connectivity index (χ2v) is 4.63. The SMILES string of the molecule is Cc1cnc(C(=O)N(CCCC(=O)O)C(C)C)cn1. The summed E-state index contributed by atoms with van der Waals surface area (Å²) < 4.78 is 0. The second kappa shape index (κ2) is 6.82. The molecule has 104 valence electrons. The fourth-order valence-electron chi connectivity index (χ4n) is 1.65. The van der Waals surface area contributed by atoms with Crippen molar-refractivity contribution in [1.82, 2.24) is 14.9 Å². The number of hydrogen-bond acceptors (Lipinski definition) is 4. The fourth-order valence-corrected chi connectivity index (χ4v) is 1.65. The molecule has 0 aliphatic heterocycles. The highest BCUT2D eigenvalue weighted by Gasteiger charge is 2.20. The maximum absolute atomic E-state index is 12.2. The van der Waals surface area contributed by atoms with E-state index in [2.05, 4.69) is 9.97 Å². The second-order valence-electron chi connectivity index (χ2n) is 4.63. The zero-order chi connectivity index (χ0) is 14.4. The maximum Gasteiger partial charge on any atom is 0.303 e. The van der Waals surface area contributed by atoms with Gasteiger partial charge in [-0.25, -0.2) is 4.98 Å². The van der Waals surface area contributed by atoms with E-state index in [1.807, 2.05) is 13.8 Å². The van der Waals surface area contributed by atoms with E-state index in [1.54, 1.807) is 18.0 Å². The van der Waals surface area contributed by atoms with Gasteiger partial charge in [0.1, 0.15) is 5.69 Å². The number of aliphatic carboxylic acids is 1. The predicted molar refractivity (Wildman–Crippen MR) is 69.8 cm³/mol. The van der Waals surface area contributed by atoms with Gasteiger partial charge in [-0.3, -0.25) is 14.6 Å². The molecule has 6 nitrogen and oxygen atoms in total. The van der Waals surface area contributed by atoms with E-state index in [9.17, 15) is 9.59 Å². The van der Waals surface area contributed by atoms with E-state index in [0.717, 1.165) is 5.69 Å². The molecule has 1 rings (SSSR count). The van der Waals surface area contributed by atoms with Crippen molar-refractivity contribution in [3.05, 3.63) is 23.8 Å². The van der Waals surface area contributed by atoms with Crippen LogP contribution in [0.1, 0.15) is 42.9 Å². The minimum absolute atomic E-state index is 0.00982. The lowest BCUT2D eigenvalue weighted by Gasteiger charge is -2.26. The minimum Gasteiger partial charge on any atom is -0.481 e. The van der Waals surface area contributed by atoms with Crippen molar-refractivity contribution >= 4 is 11.9 Å². The Hall–Kier alpha value is -1.98. The molecule has 19 heavy (non-hydrogen) atoms. The summed E-state index contributed by atoms with van der Waals surface area (Å²) >= 11 is 0. The van der Waals surface area contributed by atoms with Crippen molar-refractivity contribution in [2.75, 3.05) is 6.54 Å². The molecule has 0 saturated carbocycles. The number of carboxylic acids is 1. The number of nitrogens with zero attached hydrogens (tertiary/aromatic N) is 3. The van der Waals surface area contributed by atoms with E-state index in [0.29, 0.717) is 13.0 Å². The summed E-state index contributed by atoms with van der Waals surface area (Å²) in [5.74, 6) is -1.07. The summed E-state index contributed by atoms with van der Waals surface area (Å²) in [6, 6.07) is -0.00982. The predicted octanol–water partition coefficient (Wildman–Crippen LogP) is 1.50. The average molecular weight is 265 g/mol. The molecule has 0 atom stereocenters. The van der Waals surface area contributed by atoms with Gasteiger partial charge in [-0.1, -0.05) is 0 Å². The van der Waals surface area contributed by atoms with E-state index < -0.39 is 5.97 Å². The van der Waals surface area contributed by atoms with Crippen LogP contribution in [0.25, 0.3) is 0 Å². The Labute approximate surface area is 112 Å². The number of rotatable bonds is 6. The van der Waals surface area contributed by atoms with Gasteiger partial charge in [-0.05, 0) is 27.2 Å². The van der Waals surface area contributed by atoms with E-state index >= 15 is 0 Å². The van der Waals surface area contributed by atoms with Gasteiger partial charge in [0.2, 0.25) is 0 Å². The zero-order valence-electron chi connectivity index (χ0n) is 11.5. The van der Waals surface area contributed by atoms with Crippen LogP contribution in [0.2, 0.25) is 0 Å². The van der Waals surface area contributed by atoms with Crippen LogP contribution in [0, 0.1) is 6.92 Å². The molecule has 0 aromatic carbocycles. The van der Waals surface area contributed by atoms with Crippen molar-refractivity contribution in [3.63, 3.8) is 0 Å². The zero-order valence-corrected chi connectivity index (χ0v) is 11.5. The summed E-state index contributed by atoms with van der Waals surface area (Å²) in [6.45, 7) is 5.98. The van der Waals surface area contributed by atoms with E-state index in [-0.39, 0.29) is 24.1 Å². The summed E-state index contributed by atoms with van der Waals surface area (Å²) in [5.41, 5.74) is 1.04. The molecule has 0 radical (unpaired) electrons. The van der Waals surface area contributed by atoms with Gasteiger partial charge >= 0.3 is 5.97 Å². The molecule has 1 aromatic rings. The summed E-state index contributed by atoms with van der Waals surface area (Å²) in [7, 11) is 0. The number of amides is 1. The molecule has 0 aliphatic rings. The fraction of sp³-hybridized carbons (Fsp3) is 0.538. The molecular formula is C13H19N3O3. The van der Waals surface area contributed by atoms with E-state index in [1.165, 1.54) is 6.20 Å². The summed E-state index contributed by atoms with van der Waals surface area (Å²) in [5, 5.41) is 8.63. The first-order valence-corrected chi connectivity index (χ1v) is 6.23. The number of carbonyl (C=O) groups is 2. The summed E-state index contributed by atoms with van der Waals surface area (Å²) in [6.07, 6.45) is 3.47. The number of hydrogen-bond donors (Lipinski definition) is 1. The van der Waals surface area contributed by atoms with E-state index in [4.69, 9.17) is 5.11 Å². The van der Waals surface area contributed by atoms with Crippen molar-refractivity contribution < 1.29 is 14.7 Å². The van der Waals surface area contributed by atoms with Gasteiger partial charge in [0.05, 0.1) is 11.9 Å². The Morgan fingerprint density at radius 2 is 2.00 bits per heavy atom. The number of carbonyl (C=O) groups excluding carboxylic acids is 1. The third-order valence-electron chi connectivity index (χ3n) is 2.67. The van der Waals surface area contributed by atoms with Gasteiger partial charge in [-0.2, -0.15) is 0 Å². The molecule has 0 fully saturated rings. The van der Waals surface area contributed by atoms with Gasteiger partial charge in [0.25, 0.3) is 5.91 Å². The van der Waals surface area contributed by atoms with Crippen LogP contribution in [0.5, 0.6) is 0 Å². The van der Waals surface area contributed by atoms with Crippen molar-refractivity contribution in [1.29, 1.82) is 0 Å². The topological polar surface area (TPSA) is 83.4 Å². The highest BCUT2D eigenvalue weighted by atomic mass is 16.4. The third kappa shape index (κ3) is 4.65. The van der Waals surface area contributed by atoms with Crippen LogP contribution in [-0.2, 0) is 4.79 Å². The van der Waals surface area contributed by atoms with Gasteiger partial charge in [-0.15, -0.1) is 0 Å². The largest absolute Gasteiger partial charge is 0.481 e. The number of aryl methyl sites for hydroxylation is 1. The van der Waals surface area contributed by atoms with Crippen LogP contribution in [0.4, 0.5) is 0 Å². The summed E-state index contributed by atoms with van der Waals surface area (Å²) in [4.78, 5) is 32.5. The van der Waals surface area contributed by atoms with Gasteiger partial charge in [0, 0.05) is 25.2 Å². The van der Waals surface area contributed by atoms with Crippen LogP contribution in [0.15, 0.2) is 12.4 Å². The van der Waals surface area contributed by atoms with Crippen LogP contribution < -0.4 is 0 Å². The Kier molecular flexibility index (Phi) is 5.41. The molecule has 6 heteroatoms. The van der Waals surface area contributed by atoms with Crippen LogP contribution >= 0.6 is 0 Å². The molecule has 1 heterocycles. The van der Waals surface area contributed by atoms with Crippen molar-refractivity contribution in [3.8, 4) is 0 Å². The molecule has 0 saturated heterocycles. The quantitative estimate of drug-likeness (QED) is 0.842. The standard InChI is InChI=1S/C13H19N3O3/c1-9(2)16(6-4-5-12(17)18)13(19)11-8-14-10(3)7-15-11/h7-9H,4-6H2,1-3H3,(H,17,18). The minimum atomic E-state index is -0.855. The van der Waals surface area contributed by atoms with Crippen molar-refractivity contribution in [2.24, 2.45) is 0 Å². The van der Waals surface area contributed by atoms with Gasteiger partial charge in [0.15, 0.2) is 0 Å². The lowest BCUT2D eigenvalue weighted by atomic mass is 10.2. The molecular weight excluding hydrogens is 246 g/mol. The Balaban J connectivity index is 2.72. The molecule has 1 amide bonds. The van der Waals surface area contributed by atoms with Crippen LogP contribution in [0.3, 0.4) is 0 Å². The molecule has 1 aromatic heterocycles. The average Bonchev–Trinajstić information content (AvgIpc) is 2.34. The molecule has 1 N–H and O–H groups in total. The first-order chi connectivity index (χ1) is 8.91. The monoisotopic (exact) mass is 265 g/mol. The molecule has 0 spiro atoms. The highest BCUT2D eigenvalue weighted by Crippen LogP contribution is 2.08. The molecule has 0 bridgehead atoms. The molecule has 0 aliphatic carbocycles. The normalized spacial score (nSPS) is 10.5. The first kappa shape index (κ1) is 15.1. The Bertz CT molecular complexity index is 443. The maximum atomic E-state index is 12.2. The molecule has 0 unspecified atom stereocenters. The first-order valence-electron chi connectivity index (χ1n) is 6.23. The van der Waals surface area contributed by atoms with Gasteiger partial charge < -0.3 is 10.0 Å². The third-order valence-corrected chi connectivity index (χ3v) is 2.67. The number of carboxylic acid groups (broad SMARTS) is 1. The van der Waals surface area contributed by atoms with Crippen molar-refractivity contribution in [2.45, 2.75) is 39.7 Å². The Morgan fingerprint density at radius 1 is 1.32 bits per heavy atom. The lowest BCUT2D eigenvalue weighted by molar-refractivity contribution is -0.137.